The molecule has 0 radical (unpaired) electrons. The predicted octanol–water partition coefficient (Wildman–Crippen LogP) is 1.62. The van der Waals surface area contributed by atoms with Crippen molar-refractivity contribution in [1.29, 1.82) is 0 Å². The number of sulfonamides is 1. The number of hydrogen-bond donors (Lipinski definition) is 2. The highest BCUT2D eigenvalue weighted by molar-refractivity contribution is 7.89. The number of carboxylic acid groups (broad SMARTS) is 1. The first-order valence-corrected chi connectivity index (χ1v) is 7.87. The molecule has 1 aromatic rings. The van der Waals surface area contributed by atoms with Gasteiger partial charge in [0.05, 0.1) is 12.0 Å². The lowest BCUT2D eigenvalue weighted by Crippen LogP contribution is -2.34. The van der Waals surface area contributed by atoms with E-state index in [1.807, 2.05) is 6.92 Å². The lowest BCUT2D eigenvalue weighted by molar-refractivity contribution is -0.131. The maximum absolute atomic E-state index is 12.3. The average molecular weight is 311 g/mol. The van der Waals surface area contributed by atoms with Crippen molar-refractivity contribution in [2.24, 2.45) is 0 Å². The van der Waals surface area contributed by atoms with E-state index in [0.717, 1.165) is 18.9 Å². The van der Waals surface area contributed by atoms with Crippen LogP contribution in [0.2, 0.25) is 0 Å². The summed E-state index contributed by atoms with van der Waals surface area (Å²) in [4.78, 5) is 10.7. The first kappa shape index (κ1) is 15.5. The SMILES string of the molecule is COc1ccc(S(=O)(=O)NC2(C)CC2)cc1/C=C/C(=O)O. The Labute approximate surface area is 123 Å². The fourth-order valence-electron chi connectivity index (χ4n) is 1.84. The summed E-state index contributed by atoms with van der Waals surface area (Å²) >= 11 is 0. The Kier molecular flexibility index (Phi) is 4.06. The highest BCUT2D eigenvalue weighted by Crippen LogP contribution is 2.36. The summed E-state index contributed by atoms with van der Waals surface area (Å²) in [6.07, 6.45) is 3.87. The number of methoxy groups -OCH3 is 1. The van der Waals surface area contributed by atoms with Gasteiger partial charge in [0.15, 0.2) is 0 Å². The van der Waals surface area contributed by atoms with Crippen LogP contribution >= 0.6 is 0 Å². The van der Waals surface area contributed by atoms with Crippen LogP contribution in [-0.2, 0) is 14.8 Å². The van der Waals surface area contributed by atoms with Crippen LogP contribution < -0.4 is 9.46 Å². The van der Waals surface area contributed by atoms with Crippen LogP contribution in [0.3, 0.4) is 0 Å². The van der Waals surface area contributed by atoms with E-state index in [1.165, 1.54) is 31.4 Å². The Bertz CT molecular complexity index is 689. The summed E-state index contributed by atoms with van der Waals surface area (Å²) in [5, 5.41) is 8.67. The van der Waals surface area contributed by atoms with E-state index in [4.69, 9.17) is 9.84 Å². The molecule has 0 bridgehead atoms. The maximum atomic E-state index is 12.3. The molecule has 0 aromatic heterocycles. The summed E-state index contributed by atoms with van der Waals surface area (Å²) in [5.41, 5.74) is 0.0271. The van der Waals surface area contributed by atoms with Crippen molar-refractivity contribution in [3.63, 3.8) is 0 Å². The van der Waals surface area contributed by atoms with Crippen molar-refractivity contribution in [2.75, 3.05) is 7.11 Å². The molecule has 21 heavy (non-hydrogen) atoms. The van der Waals surface area contributed by atoms with Crippen LogP contribution in [0.5, 0.6) is 5.75 Å². The van der Waals surface area contributed by atoms with Crippen LogP contribution in [0.4, 0.5) is 0 Å². The number of carbonyl (C=O) groups is 1. The zero-order valence-electron chi connectivity index (χ0n) is 11.8. The highest BCUT2D eigenvalue weighted by Gasteiger charge is 2.41. The molecule has 0 amide bonds. The molecule has 1 saturated carbocycles. The highest BCUT2D eigenvalue weighted by atomic mass is 32.2. The molecule has 2 N–H and O–H groups in total. The fraction of sp³-hybridized carbons (Fsp3) is 0.357. The van der Waals surface area contributed by atoms with Crippen LogP contribution in [0.15, 0.2) is 29.2 Å². The molecule has 0 atom stereocenters. The molecule has 0 aliphatic heterocycles. The summed E-state index contributed by atoms with van der Waals surface area (Å²) in [6.45, 7) is 1.85. The van der Waals surface area contributed by atoms with E-state index in [1.54, 1.807) is 0 Å². The molecule has 114 valence electrons. The van der Waals surface area contributed by atoms with Gasteiger partial charge in [0.25, 0.3) is 0 Å². The van der Waals surface area contributed by atoms with E-state index < -0.39 is 16.0 Å². The number of hydrogen-bond acceptors (Lipinski definition) is 4. The maximum Gasteiger partial charge on any atom is 0.328 e. The lowest BCUT2D eigenvalue weighted by atomic mass is 10.2. The first-order valence-electron chi connectivity index (χ1n) is 6.39. The summed E-state index contributed by atoms with van der Waals surface area (Å²) in [7, 11) is -2.19. The van der Waals surface area contributed by atoms with Crippen molar-refractivity contribution in [1.82, 2.24) is 4.72 Å². The third-order valence-corrected chi connectivity index (χ3v) is 4.93. The second-order valence-electron chi connectivity index (χ2n) is 5.24. The van der Waals surface area contributed by atoms with Crippen LogP contribution in [0.1, 0.15) is 25.3 Å². The Hall–Kier alpha value is -1.86. The number of carboxylic acids is 1. The average Bonchev–Trinajstić information content (AvgIpc) is 3.12. The monoisotopic (exact) mass is 311 g/mol. The Morgan fingerprint density at radius 2 is 2.10 bits per heavy atom. The lowest BCUT2D eigenvalue weighted by Gasteiger charge is -2.13. The van der Waals surface area contributed by atoms with Gasteiger partial charge in [-0.25, -0.2) is 17.9 Å². The minimum atomic E-state index is -3.63. The molecule has 0 unspecified atom stereocenters. The van der Waals surface area contributed by atoms with E-state index in [-0.39, 0.29) is 10.4 Å². The van der Waals surface area contributed by atoms with Crippen LogP contribution in [0, 0.1) is 0 Å². The zero-order valence-corrected chi connectivity index (χ0v) is 12.6. The molecule has 0 spiro atoms. The Balaban J connectivity index is 2.36. The first-order chi connectivity index (χ1) is 9.76. The molecular weight excluding hydrogens is 294 g/mol. The second kappa shape index (κ2) is 5.50. The van der Waals surface area contributed by atoms with Crippen LogP contribution in [0.25, 0.3) is 6.08 Å². The summed E-state index contributed by atoms with van der Waals surface area (Å²) in [5.74, 6) is -0.710. The second-order valence-corrected chi connectivity index (χ2v) is 6.92. The summed E-state index contributed by atoms with van der Waals surface area (Å²) in [6, 6.07) is 4.34. The molecular formula is C14H17NO5S. The molecule has 7 heteroatoms. The standard InChI is InChI=1S/C14H17NO5S/c1-14(7-8-14)15-21(18,19)11-4-5-12(20-2)10(9-11)3-6-13(16)17/h3-6,9,15H,7-8H2,1-2H3,(H,16,17)/b6-3+. The fourth-order valence-corrected chi connectivity index (χ4v) is 3.34. The van der Waals surface area contributed by atoms with Crippen molar-refractivity contribution < 1.29 is 23.1 Å². The number of aliphatic carboxylic acids is 1. The van der Waals surface area contributed by atoms with Gasteiger partial charge in [-0.1, -0.05) is 0 Å². The van der Waals surface area contributed by atoms with E-state index in [0.29, 0.717) is 11.3 Å². The normalized spacial score (nSPS) is 16.9. The van der Waals surface area contributed by atoms with Crippen molar-refractivity contribution >= 4 is 22.1 Å². The topological polar surface area (TPSA) is 92.7 Å². The van der Waals surface area contributed by atoms with E-state index in [9.17, 15) is 13.2 Å². The van der Waals surface area contributed by atoms with Gasteiger partial charge in [0.2, 0.25) is 10.0 Å². The Morgan fingerprint density at radius 3 is 2.62 bits per heavy atom. The van der Waals surface area contributed by atoms with Gasteiger partial charge in [-0.2, -0.15) is 0 Å². The molecule has 0 heterocycles. The van der Waals surface area contributed by atoms with Crippen molar-refractivity contribution in [3.05, 3.63) is 29.8 Å². The van der Waals surface area contributed by atoms with Gasteiger partial charge >= 0.3 is 5.97 Å². The van der Waals surface area contributed by atoms with Gasteiger partial charge in [-0.05, 0) is 44.0 Å². The van der Waals surface area contributed by atoms with Crippen molar-refractivity contribution in [2.45, 2.75) is 30.2 Å². The quantitative estimate of drug-likeness (QED) is 0.779. The van der Waals surface area contributed by atoms with Gasteiger partial charge in [0.1, 0.15) is 5.75 Å². The van der Waals surface area contributed by atoms with Gasteiger partial charge in [-0.3, -0.25) is 0 Å². The molecule has 1 aliphatic carbocycles. The van der Waals surface area contributed by atoms with E-state index in [2.05, 4.69) is 4.72 Å². The van der Waals surface area contributed by atoms with Gasteiger partial charge in [-0.15, -0.1) is 0 Å². The van der Waals surface area contributed by atoms with Gasteiger partial charge in [0, 0.05) is 17.2 Å². The zero-order chi connectivity index (χ0) is 15.7. The molecule has 1 fully saturated rings. The molecule has 6 nitrogen and oxygen atoms in total. The molecule has 1 aromatic carbocycles. The van der Waals surface area contributed by atoms with Crippen molar-refractivity contribution in [3.8, 4) is 5.75 Å². The minimum Gasteiger partial charge on any atom is -0.496 e. The number of ether oxygens (including phenoxy) is 1. The van der Waals surface area contributed by atoms with Crippen LogP contribution in [-0.4, -0.2) is 32.1 Å². The summed E-state index contributed by atoms with van der Waals surface area (Å²) < 4.78 is 32.3. The van der Waals surface area contributed by atoms with Gasteiger partial charge < -0.3 is 9.84 Å². The predicted molar refractivity (Wildman–Crippen MR) is 77.6 cm³/mol. The third-order valence-electron chi connectivity index (χ3n) is 3.30. The smallest absolute Gasteiger partial charge is 0.328 e. The van der Waals surface area contributed by atoms with E-state index >= 15 is 0 Å². The third kappa shape index (κ3) is 3.83. The molecule has 0 saturated heterocycles. The molecule has 2 rings (SSSR count). The number of rotatable bonds is 6. The Morgan fingerprint density at radius 1 is 1.43 bits per heavy atom. The largest absolute Gasteiger partial charge is 0.496 e. The molecule has 1 aliphatic rings. The number of nitrogens with one attached hydrogen (secondary N) is 1. The number of benzene rings is 1. The minimum absolute atomic E-state index is 0.0847.